The number of aryl methyl sites for hydroxylation is 2. The third kappa shape index (κ3) is 2.55. The number of fused-ring (bicyclic) bond motifs is 1. The summed E-state index contributed by atoms with van der Waals surface area (Å²) in [6.45, 7) is 4.59. The van der Waals surface area contributed by atoms with Gasteiger partial charge in [-0.2, -0.15) is 0 Å². The molecule has 0 fully saturated rings. The van der Waals surface area contributed by atoms with Crippen molar-refractivity contribution in [3.63, 3.8) is 0 Å². The molecular formula is C16H25N. The molecule has 1 N–H and O–H groups in total. The molecule has 94 valence electrons. The molecule has 0 bridgehead atoms. The van der Waals surface area contributed by atoms with Gasteiger partial charge in [0.2, 0.25) is 0 Å². The summed E-state index contributed by atoms with van der Waals surface area (Å²) >= 11 is 0. The van der Waals surface area contributed by atoms with Crippen LogP contribution in [0.5, 0.6) is 0 Å². The zero-order valence-corrected chi connectivity index (χ0v) is 11.4. The predicted octanol–water partition coefficient (Wildman–Crippen LogP) is 3.87. The van der Waals surface area contributed by atoms with Crippen LogP contribution in [0.25, 0.3) is 0 Å². The summed E-state index contributed by atoms with van der Waals surface area (Å²) < 4.78 is 0. The molecule has 0 saturated heterocycles. The Balaban J connectivity index is 2.25. The van der Waals surface area contributed by atoms with Gasteiger partial charge in [-0.3, -0.25) is 0 Å². The number of hydrogen-bond donors (Lipinski definition) is 1. The highest BCUT2D eigenvalue weighted by molar-refractivity contribution is 5.36. The molecule has 0 aliphatic heterocycles. The summed E-state index contributed by atoms with van der Waals surface area (Å²) in [7, 11) is 2.09. The van der Waals surface area contributed by atoms with Crippen LogP contribution < -0.4 is 5.32 Å². The molecule has 1 aromatic carbocycles. The Morgan fingerprint density at radius 2 is 1.82 bits per heavy atom. The Hall–Kier alpha value is -0.820. The zero-order chi connectivity index (χ0) is 12.3. The summed E-state index contributed by atoms with van der Waals surface area (Å²) in [4.78, 5) is 0. The van der Waals surface area contributed by atoms with Crippen molar-refractivity contribution in [2.24, 2.45) is 5.92 Å². The molecule has 1 atom stereocenters. The fourth-order valence-electron chi connectivity index (χ4n) is 3.22. The highest BCUT2D eigenvalue weighted by atomic mass is 14.9. The van der Waals surface area contributed by atoms with Crippen LogP contribution in [-0.2, 0) is 12.8 Å². The SMILES string of the molecule is CCC(CC)C(NC)c1ccc2c(c1)CCC2. The second-order valence-corrected chi connectivity index (χ2v) is 5.22. The van der Waals surface area contributed by atoms with Crippen LogP contribution in [0.3, 0.4) is 0 Å². The highest BCUT2D eigenvalue weighted by Gasteiger charge is 2.20. The van der Waals surface area contributed by atoms with Gasteiger partial charge < -0.3 is 5.32 Å². The Morgan fingerprint density at radius 1 is 1.12 bits per heavy atom. The van der Waals surface area contributed by atoms with Crippen LogP contribution in [-0.4, -0.2) is 7.05 Å². The van der Waals surface area contributed by atoms with Crippen molar-refractivity contribution < 1.29 is 0 Å². The van der Waals surface area contributed by atoms with Crippen molar-refractivity contribution >= 4 is 0 Å². The minimum absolute atomic E-state index is 0.524. The molecule has 1 heteroatoms. The molecule has 0 spiro atoms. The summed E-state index contributed by atoms with van der Waals surface area (Å²) in [6, 6.07) is 7.66. The standard InChI is InChI=1S/C16H25N/c1-4-12(5-2)16(17-3)15-10-9-13-7-6-8-14(13)11-15/h9-12,16-17H,4-8H2,1-3H3. The number of hydrogen-bond acceptors (Lipinski definition) is 1. The smallest absolute Gasteiger partial charge is 0.0346 e. The molecule has 0 heterocycles. The number of nitrogens with one attached hydrogen (secondary N) is 1. The van der Waals surface area contributed by atoms with E-state index in [4.69, 9.17) is 0 Å². The lowest BCUT2D eigenvalue weighted by atomic mass is 9.88. The van der Waals surface area contributed by atoms with Gasteiger partial charge in [-0.25, -0.2) is 0 Å². The van der Waals surface area contributed by atoms with Crippen molar-refractivity contribution in [3.8, 4) is 0 Å². The molecule has 2 rings (SSSR count). The molecule has 0 amide bonds. The number of benzene rings is 1. The lowest BCUT2D eigenvalue weighted by Gasteiger charge is -2.26. The largest absolute Gasteiger partial charge is 0.313 e. The monoisotopic (exact) mass is 231 g/mol. The first-order valence-corrected chi connectivity index (χ1v) is 7.09. The molecule has 0 radical (unpaired) electrons. The summed E-state index contributed by atoms with van der Waals surface area (Å²) in [5.41, 5.74) is 4.66. The molecule has 1 aliphatic carbocycles. The van der Waals surface area contributed by atoms with E-state index in [9.17, 15) is 0 Å². The molecule has 1 unspecified atom stereocenters. The maximum Gasteiger partial charge on any atom is 0.0346 e. The molecule has 0 aromatic heterocycles. The first-order valence-electron chi connectivity index (χ1n) is 7.09. The molecule has 1 aliphatic rings. The van der Waals surface area contributed by atoms with Crippen LogP contribution in [0.15, 0.2) is 18.2 Å². The van der Waals surface area contributed by atoms with Gasteiger partial charge in [0.15, 0.2) is 0 Å². The van der Waals surface area contributed by atoms with Crippen LogP contribution >= 0.6 is 0 Å². The van der Waals surface area contributed by atoms with Gasteiger partial charge in [-0.15, -0.1) is 0 Å². The van der Waals surface area contributed by atoms with Crippen LogP contribution in [0.2, 0.25) is 0 Å². The van der Waals surface area contributed by atoms with E-state index in [1.807, 2.05) is 0 Å². The number of rotatable bonds is 5. The zero-order valence-electron chi connectivity index (χ0n) is 11.4. The topological polar surface area (TPSA) is 12.0 Å². The highest BCUT2D eigenvalue weighted by Crippen LogP contribution is 2.30. The fourth-order valence-corrected chi connectivity index (χ4v) is 3.22. The quantitative estimate of drug-likeness (QED) is 0.811. The van der Waals surface area contributed by atoms with Gasteiger partial charge >= 0.3 is 0 Å². The van der Waals surface area contributed by atoms with E-state index in [0.717, 1.165) is 5.92 Å². The lowest BCUT2D eigenvalue weighted by molar-refractivity contribution is 0.359. The van der Waals surface area contributed by atoms with Crippen molar-refractivity contribution in [1.82, 2.24) is 5.32 Å². The average molecular weight is 231 g/mol. The van der Waals surface area contributed by atoms with Gasteiger partial charge in [0.05, 0.1) is 0 Å². The lowest BCUT2D eigenvalue weighted by Crippen LogP contribution is -2.24. The molecule has 1 aromatic rings. The Morgan fingerprint density at radius 3 is 2.47 bits per heavy atom. The van der Waals surface area contributed by atoms with E-state index in [1.54, 1.807) is 11.1 Å². The fraction of sp³-hybridized carbons (Fsp3) is 0.625. The molecule has 1 nitrogen and oxygen atoms in total. The Labute approximate surface area is 106 Å². The van der Waals surface area contributed by atoms with Crippen LogP contribution in [0.1, 0.15) is 55.8 Å². The van der Waals surface area contributed by atoms with Crippen molar-refractivity contribution in [2.45, 2.75) is 52.0 Å². The van der Waals surface area contributed by atoms with Crippen LogP contribution in [0.4, 0.5) is 0 Å². The van der Waals surface area contributed by atoms with Gasteiger partial charge in [-0.1, -0.05) is 44.9 Å². The summed E-state index contributed by atoms with van der Waals surface area (Å²) in [5, 5.41) is 3.51. The average Bonchev–Trinajstić information content (AvgIpc) is 2.82. The predicted molar refractivity (Wildman–Crippen MR) is 74.3 cm³/mol. The normalized spacial score (nSPS) is 16.2. The summed E-state index contributed by atoms with van der Waals surface area (Å²) in [5.74, 6) is 0.749. The van der Waals surface area contributed by atoms with E-state index in [0.29, 0.717) is 6.04 Å². The molecule has 0 saturated carbocycles. The van der Waals surface area contributed by atoms with E-state index in [1.165, 1.54) is 37.7 Å². The van der Waals surface area contributed by atoms with Crippen molar-refractivity contribution in [1.29, 1.82) is 0 Å². The molecule has 17 heavy (non-hydrogen) atoms. The molecular weight excluding hydrogens is 206 g/mol. The third-order valence-corrected chi connectivity index (χ3v) is 4.31. The maximum atomic E-state index is 3.51. The maximum absolute atomic E-state index is 3.51. The minimum Gasteiger partial charge on any atom is -0.313 e. The first-order chi connectivity index (χ1) is 8.30. The van der Waals surface area contributed by atoms with Gasteiger partial charge in [0, 0.05) is 6.04 Å². The van der Waals surface area contributed by atoms with E-state index < -0.39 is 0 Å². The first kappa shape index (κ1) is 12.6. The second-order valence-electron chi connectivity index (χ2n) is 5.22. The third-order valence-electron chi connectivity index (χ3n) is 4.31. The Bertz CT molecular complexity index is 366. The Kier molecular flexibility index (Phi) is 4.22. The van der Waals surface area contributed by atoms with Crippen LogP contribution in [0, 0.1) is 5.92 Å². The van der Waals surface area contributed by atoms with Crippen molar-refractivity contribution in [3.05, 3.63) is 34.9 Å². The van der Waals surface area contributed by atoms with E-state index in [-0.39, 0.29) is 0 Å². The van der Waals surface area contributed by atoms with E-state index in [2.05, 4.69) is 44.4 Å². The summed E-state index contributed by atoms with van der Waals surface area (Å²) in [6.07, 6.45) is 6.40. The minimum atomic E-state index is 0.524. The van der Waals surface area contributed by atoms with Crippen molar-refractivity contribution in [2.75, 3.05) is 7.05 Å². The van der Waals surface area contributed by atoms with Gasteiger partial charge in [-0.05, 0) is 48.9 Å². The second kappa shape index (κ2) is 5.68. The van der Waals surface area contributed by atoms with E-state index >= 15 is 0 Å². The van der Waals surface area contributed by atoms with Gasteiger partial charge in [0.25, 0.3) is 0 Å². The van der Waals surface area contributed by atoms with Gasteiger partial charge in [0.1, 0.15) is 0 Å².